The summed E-state index contributed by atoms with van der Waals surface area (Å²) in [5.41, 5.74) is 3.31. The maximum atomic E-state index is 11.6. The van der Waals surface area contributed by atoms with E-state index in [1.165, 1.54) is 6.07 Å². The Morgan fingerprint density at radius 1 is 1.09 bits per heavy atom. The zero-order valence-electron chi connectivity index (χ0n) is 18.2. The molecule has 0 amide bonds. The number of aromatic nitrogens is 1. The zero-order chi connectivity index (χ0) is 23.4. The summed E-state index contributed by atoms with van der Waals surface area (Å²) in [6, 6.07) is 20.0. The molecular formula is C25H22N4O4. The number of nitro benzene ring substituents is 1. The molecule has 0 aliphatic carbocycles. The number of nitriles is 1. The standard InChI is InChI=1S/C25H22N4O4/c1-32-24-9-5-7-18(25(24)33-2)20(19-14-27-21-8-4-3-6-17(19)21)15-28-22-11-10-16(13-26)12-23(22)29(30)31/h3-12,14,20,27-28H,15H2,1-2H3. The Morgan fingerprint density at radius 2 is 1.91 bits per heavy atom. The smallest absolute Gasteiger partial charge is 0.293 e. The van der Waals surface area contributed by atoms with Crippen molar-refractivity contribution < 1.29 is 14.4 Å². The molecule has 8 nitrogen and oxygen atoms in total. The summed E-state index contributed by atoms with van der Waals surface area (Å²) < 4.78 is 11.2. The molecule has 4 aromatic rings. The quantitative estimate of drug-likeness (QED) is 0.286. The van der Waals surface area contributed by atoms with Crippen molar-refractivity contribution in [1.29, 1.82) is 5.26 Å². The zero-order valence-corrected chi connectivity index (χ0v) is 18.2. The van der Waals surface area contributed by atoms with E-state index in [-0.39, 0.29) is 17.2 Å². The van der Waals surface area contributed by atoms with E-state index in [0.29, 0.717) is 23.7 Å². The number of rotatable bonds is 8. The molecule has 0 spiro atoms. The first-order valence-electron chi connectivity index (χ1n) is 10.3. The number of nitro groups is 1. The third-order valence-corrected chi connectivity index (χ3v) is 5.63. The highest BCUT2D eigenvalue weighted by Crippen LogP contribution is 2.40. The van der Waals surface area contributed by atoms with Crippen LogP contribution >= 0.6 is 0 Å². The van der Waals surface area contributed by atoms with Gasteiger partial charge in [-0.25, -0.2) is 0 Å². The van der Waals surface area contributed by atoms with E-state index in [9.17, 15) is 10.1 Å². The molecule has 8 heteroatoms. The monoisotopic (exact) mass is 442 g/mol. The minimum absolute atomic E-state index is 0.149. The van der Waals surface area contributed by atoms with E-state index in [4.69, 9.17) is 14.7 Å². The summed E-state index contributed by atoms with van der Waals surface area (Å²) >= 11 is 0. The van der Waals surface area contributed by atoms with Gasteiger partial charge in [0.25, 0.3) is 5.69 Å². The van der Waals surface area contributed by atoms with E-state index < -0.39 is 4.92 Å². The van der Waals surface area contributed by atoms with Crippen molar-refractivity contribution >= 4 is 22.3 Å². The lowest BCUT2D eigenvalue weighted by Gasteiger charge is -2.22. The van der Waals surface area contributed by atoms with Gasteiger partial charge < -0.3 is 19.8 Å². The van der Waals surface area contributed by atoms with Crippen LogP contribution in [0.4, 0.5) is 11.4 Å². The Labute approximate surface area is 190 Å². The van der Waals surface area contributed by atoms with Gasteiger partial charge in [0.2, 0.25) is 0 Å². The number of anilines is 1. The lowest BCUT2D eigenvalue weighted by atomic mass is 9.89. The molecule has 0 saturated heterocycles. The molecule has 3 aromatic carbocycles. The molecule has 33 heavy (non-hydrogen) atoms. The van der Waals surface area contributed by atoms with Crippen LogP contribution < -0.4 is 14.8 Å². The van der Waals surface area contributed by atoms with Crippen LogP contribution in [0.2, 0.25) is 0 Å². The topological polar surface area (TPSA) is 113 Å². The molecule has 0 saturated carbocycles. The first-order chi connectivity index (χ1) is 16.1. The second kappa shape index (κ2) is 9.32. The van der Waals surface area contributed by atoms with E-state index in [0.717, 1.165) is 22.0 Å². The summed E-state index contributed by atoms with van der Waals surface area (Å²) in [4.78, 5) is 14.4. The van der Waals surface area contributed by atoms with Gasteiger partial charge in [-0.1, -0.05) is 30.3 Å². The average molecular weight is 442 g/mol. The lowest BCUT2D eigenvalue weighted by Crippen LogP contribution is -2.16. The van der Waals surface area contributed by atoms with Gasteiger partial charge in [0.15, 0.2) is 11.5 Å². The highest BCUT2D eigenvalue weighted by molar-refractivity contribution is 5.84. The van der Waals surface area contributed by atoms with Crippen LogP contribution in [0.25, 0.3) is 10.9 Å². The number of hydrogen-bond donors (Lipinski definition) is 2. The van der Waals surface area contributed by atoms with Crippen molar-refractivity contribution in [2.75, 3.05) is 26.1 Å². The summed E-state index contributed by atoms with van der Waals surface area (Å²) in [5.74, 6) is 0.983. The Balaban J connectivity index is 1.80. The molecule has 1 heterocycles. The molecule has 2 N–H and O–H groups in total. The summed E-state index contributed by atoms with van der Waals surface area (Å²) in [6.07, 6.45) is 1.95. The van der Waals surface area contributed by atoms with Gasteiger partial charge in [-0.15, -0.1) is 0 Å². The second-order valence-corrected chi connectivity index (χ2v) is 7.41. The van der Waals surface area contributed by atoms with Gasteiger partial charge in [-0.3, -0.25) is 10.1 Å². The number of ether oxygens (including phenoxy) is 2. The number of methoxy groups -OCH3 is 2. The van der Waals surface area contributed by atoms with Gasteiger partial charge in [0, 0.05) is 41.2 Å². The molecule has 4 rings (SSSR count). The van der Waals surface area contributed by atoms with Crippen LogP contribution in [-0.2, 0) is 0 Å². The average Bonchev–Trinajstić information content (AvgIpc) is 3.27. The third kappa shape index (κ3) is 4.16. The predicted molar refractivity (Wildman–Crippen MR) is 126 cm³/mol. The Hall–Kier alpha value is -4.51. The molecule has 0 bridgehead atoms. The van der Waals surface area contributed by atoms with Gasteiger partial charge >= 0.3 is 0 Å². The molecule has 1 atom stereocenters. The van der Waals surface area contributed by atoms with Crippen molar-refractivity contribution in [1.82, 2.24) is 4.98 Å². The van der Waals surface area contributed by atoms with Gasteiger partial charge in [-0.2, -0.15) is 5.26 Å². The van der Waals surface area contributed by atoms with E-state index in [1.807, 2.05) is 54.7 Å². The van der Waals surface area contributed by atoms with Crippen molar-refractivity contribution in [3.05, 3.63) is 93.7 Å². The van der Waals surface area contributed by atoms with E-state index in [2.05, 4.69) is 10.3 Å². The van der Waals surface area contributed by atoms with Crippen molar-refractivity contribution in [2.24, 2.45) is 0 Å². The molecule has 0 radical (unpaired) electrons. The fourth-order valence-electron chi connectivity index (χ4n) is 4.07. The molecule has 0 aliphatic heterocycles. The lowest BCUT2D eigenvalue weighted by molar-refractivity contribution is -0.384. The maximum absolute atomic E-state index is 11.6. The number of fused-ring (bicyclic) bond motifs is 1. The van der Waals surface area contributed by atoms with Gasteiger partial charge in [-0.05, 0) is 29.8 Å². The molecule has 166 valence electrons. The molecule has 0 aliphatic rings. The van der Waals surface area contributed by atoms with Crippen LogP contribution in [0, 0.1) is 21.4 Å². The van der Waals surface area contributed by atoms with Gasteiger partial charge in [0.05, 0.1) is 30.8 Å². The fourth-order valence-corrected chi connectivity index (χ4v) is 4.07. The highest BCUT2D eigenvalue weighted by Gasteiger charge is 2.25. The van der Waals surface area contributed by atoms with E-state index in [1.54, 1.807) is 26.4 Å². The SMILES string of the molecule is COc1cccc(C(CNc2ccc(C#N)cc2[N+](=O)[O-])c2c[nH]c3ccccc23)c1OC. The van der Waals surface area contributed by atoms with Crippen LogP contribution in [0.5, 0.6) is 11.5 Å². The number of H-pyrrole nitrogens is 1. The van der Waals surface area contributed by atoms with Crippen LogP contribution in [0.3, 0.4) is 0 Å². The highest BCUT2D eigenvalue weighted by atomic mass is 16.6. The molecular weight excluding hydrogens is 420 g/mol. The Bertz CT molecular complexity index is 1360. The minimum Gasteiger partial charge on any atom is -0.493 e. The summed E-state index contributed by atoms with van der Waals surface area (Å²) in [7, 11) is 3.17. The van der Waals surface area contributed by atoms with Crippen molar-refractivity contribution in [2.45, 2.75) is 5.92 Å². The molecule has 1 aromatic heterocycles. The van der Waals surface area contributed by atoms with Gasteiger partial charge in [0.1, 0.15) is 5.69 Å². The molecule has 1 unspecified atom stereocenters. The number of hydrogen-bond acceptors (Lipinski definition) is 6. The number of nitrogens with zero attached hydrogens (tertiary/aromatic N) is 2. The van der Waals surface area contributed by atoms with Crippen LogP contribution in [0.15, 0.2) is 66.9 Å². The number of nitrogens with one attached hydrogen (secondary N) is 2. The Morgan fingerprint density at radius 3 is 2.64 bits per heavy atom. The number of benzene rings is 3. The number of para-hydroxylation sites is 2. The normalized spacial score (nSPS) is 11.5. The largest absolute Gasteiger partial charge is 0.493 e. The maximum Gasteiger partial charge on any atom is 0.293 e. The van der Waals surface area contributed by atoms with Crippen LogP contribution in [-0.4, -0.2) is 30.7 Å². The first kappa shape index (κ1) is 21.7. The van der Waals surface area contributed by atoms with Crippen molar-refractivity contribution in [3.63, 3.8) is 0 Å². The minimum atomic E-state index is -0.490. The summed E-state index contributed by atoms with van der Waals surface area (Å²) in [5, 5.41) is 25.0. The fraction of sp³-hybridized carbons (Fsp3) is 0.160. The summed E-state index contributed by atoms with van der Waals surface area (Å²) in [6.45, 7) is 0.345. The van der Waals surface area contributed by atoms with E-state index >= 15 is 0 Å². The molecule has 0 fully saturated rings. The second-order valence-electron chi connectivity index (χ2n) is 7.41. The number of aromatic amines is 1. The third-order valence-electron chi connectivity index (χ3n) is 5.63. The van der Waals surface area contributed by atoms with Crippen LogP contribution in [0.1, 0.15) is 22.6 Å². The first-order valence-corrected chi connectivity index (χ1v) is 10.3. The Kier molecular flexibility index (Phi) is 6.13. The van der Waals surface area contributed by atoms with Crippen molar-refractivity contribution in [3.8, 4) is 17.6 Å². The predicted octanol–water partition coefficient (Wildman–Crippen LogP) is 5.21.